The topological polar surface area (TPSA) is 26.0 Å². The van der Waals surface area contributed by atoms with Gasteiger partial charge in [-0.2, -0.15) is 0 Å². The minimum Gasteiger partial charge on any atom is -0.444 e. The molecule has 2 heteroatoms. The first-order chi connectivity index (χ1) is 6.31. The van der Waals surface area contributed by atoms with E-state index < -0.39 is 0 Å². The molecule has 0 aromatic carbocycles. The third-order valence-corrected chi connectivity index (χ3v) is 1.80. The summed E-state index contributed by atoms with van der Waals surface area (Å²) < 4.78 is 5.10. The summed E-state index contributed by atoms with van der Waals surface area (Å²) in [7, 11) is 0. The average Bonchev–Trinajstić information content (AvgIpc) is 2.61. The lowest BCUT2D eigenvalue weighted by molar-refractivity contribution is 0.548. The highest BCUT2D eigenvalue weighted by Crippen LogP contribution is 2.14. The second kappa shape index (κ2) is 5.97. The molecule has 0 unspecified atom stereocenters. The summed E-state index contributed by atoms with van der Waals surface area (Å²) in [6.45, 7) is 9.42. The standard InChI is InChI=1S/C11H13NO.CH4/c1-4-9(5-2)7-10-11(6-3)13-8-12-10;/h4,6-8H,1,3,5H2,2H3;1H4/b9-7+;. The van der Waals surface area contributed by atoms with E-state index in [0.29, 0.717) is 5.76 Å². The van der Waals surface area contributed by atoms with E-state index in [2.05, 4.69) is 25.1 Å². The van der Waals surface area contributed by atoms with Crippen LogP contribution >= 0.6 is 0 Å². The Labute approximate surface area is 85.7 Å². The molecular formula is C12H17NO. The lowest BCUT2D eigenvalue weighted by Gasteiger charge is -1.94. The maximum absolute atomic E-state index is 5.10. The summed E-state index contributed by atoms with van der Waals surface area (Å²) in [5.74, 6) is 0.702. The predicted molar refractivity (Wildman–Crippen MR) is 61.8 cm³/mol. The number of rotatable bonds is 4. The molecule has 0 atom stereocenters. The van der Waals surface area contributed by atoms with Crippen LogP contribution in [0.2, 0.25) is 0 Å². The molecule has 1 aromatic rings. The maximum atomic E-state index is 5.10. The van der Waals surface area contributed by atoms with Crippen LogP contribution < -0.4 is 0 Å². The highest BCUT2D eigenvalue weighted by Gasteiger charge is 2.00. The minimum atomic E-state index is 0. The molecule has 0 amide bonds. The molecule has 0 radical (unpaired) electrons. The van der Waals surface area contributed by atoms with Gasteiger partial charge in [0.05, 0.1) is 0 Å². The average molecular weight is 191 g/mol. The van der Waals surface area contributed by atoms with Crippen molar-refractivity contribution in [3.63, 3.8) is 0 Å². The SMILES string of the molecule is C.C=C/C(=C\c1ncoc1C=C)CC. The number of allylic oxidation sites excluding steroid dienone is 2. The summed E-state index contributed by atoms with van der Waals surface area (Å²) >= 11 is 0. The van der Waals surface area contributed by atoms with Gasteiger partial charge in [-0.1, -0.05) is 33.6 Å². The van der Waals surface area contributed by atoms with Gasteiger partial charge in [0.15, 0.2) is 12.2 Å². The fraction of sp³-hybridized carbons (Fsp3) is 0.250. The van der Waals surface area contributed by atoms with E-state index in [0.717, 1.165) is 17.7 Å². The van der Waals surface area contributed by atoms with Crippen LogP contribution in [0.5, 0.6) is 0 Å². The Hall–Kier alpha value is -1.57. The molecule has 0 fully saturated rings. The van der Waals surface area contributed by atoms with Crippen LogP contribution in [0, 0.1) is 0 Å². The van der Waals surface area contributed by atoms with E-state index in [-0.39, 0.29) is 7.43 Å². The van der Waals surface area contributed by atoms with Crippen molar-refractivity contribution in [3.05, 3.63) is 42.7 Å². The summed E-state index contributed by atoms with van der Waals surface area (Å²) in [5.41, 5.74) is 1.95. The van der Waals surface area contributed by atoms with Crippen LogP contribution in [0.1, 0.15) is 32.2 Å². The number of hydrogen-bond acceptors (Lipinski definition) is 2. The molecule has 76 valence electrons. The van der Waals surface area contributed by atoms with Crippen LogP contribution in [0.3, 0.4) is 0 Å². The number of nitrogens with zero attached hydrogens (tertiary/aromatic N) is 1. The van der Waals surface area contributed by atoms with Gasteiger partial charge < -0.3 is 4.42 Å². The van der Waals surface area contributed by atoms with Crippen LogP contribution in [0.15, 0.2) is 35.6 Å². The van der Waals surface area contributed by atoms with Crippen molar-refractivity contribution in [1.82, 2.24) is 4.98 Å². The second-order valence-corrected chi connectivity index (χ2v) is 2.58. The van der Waals surface area contributed by atoms with Gasteiger partial charge in [0.25, 0.3) is 0 Å². The molecule has 0 aliphatic carbocycles. The van der Waals surface area contributed by atoms with Crippen LogP contribution in [-0.4, -0.2) is 4.98 Å². The van der Waals surface area contributed by atoms with Crippen molar-refractivity contribution in [2.75, 3.05) is 0 Å². The van der Waals surface area contributed by atoms with Crippen LogP contribution in [-0.2, 0) is 0 Å². The maximum Gasteiger partial charge on any atom is 0.181 e. The second-order valence-electron chi connectivity index (χ2n) is 2.58. The molecule has 1 aromatic heterocycles. The molecule has 0 saturated heterocycles. The first-order valence-corrected chi connectivity index (χ1v) is 4.20. The molecule has 14 heavy (non-hydrogen) atoms. The molecule has 1 rings (SSSR count). The first kappa shape index (κ1) is 12.4. The molecule has 1 heterocycles. The van der Waals surface area contributed by atoms with E-state index in [1.54, 1.807) is 6.08 Å². The van der Waals surface area contributed by atoms with Gasteiger partial charge in [-0.3, -0.25) is 0 Å². The Kier molecular flexibility index (Phi) is 5.30. The summed E-state index contributed by atoms with van der Waals surface area (Å²) in [4.78, 5) is 4.06. The van der Waals surface area contributed by atoms with E-state index in [1.807, 2.05) is 12.2 Å². The molecule has 0 spiro atoms. The minimum absolute atomic E-state index is 0. The molecule has 0 saturated carbocycles. The van der Waals surface area contributed by atoms with Gasteiger partial charge in [-0.15, -0.1) is 0 Å². The zero-order valence-electron chi connectivity index (χ0n) is 7.79. The van der Waals surface area contributed by atoms with Crippen molar-refractivity contribution in [2.45, 2.75) is 20.8 Å². The smallest absolute Gasteiger partial charge is 0.181 e. The van der Waals surface area contributed by atoms with Crippen molar-refractivity contribution in [2.24, 2.45) is 0 Å². The summed E-state index contributed by atoms with van der Waals surface area (Å²) in [6, 6.07) is 0. The van der Waals surface area contributed by atoms with Gasteiger partial charge in [-0.25, -0.2) is 4.98 Å². The van der Waals surface area contributed by atoms with Crippen molar-refractivity contribution < 1.29 is 4.42 Å². The first-order valence-electron chi connectivity index (χ1n) is 4.20. The lowest BCUT2D eigenvalue weighted by atomic mass is 10.1. The summed E-state index contributed by atoms with van der Waals surface area (Å²) in [5, 5.41) is 0. The molecular weight excluding hydrogens is 174 g/mol. The molecule has 0 aliphatic heterocycles. The van der Waals surface area contributed by atoms with E-state index in [4.69, 9.17) is 4.42 Å². The van der Waals surface area contributed by atoms with Gasteiger partial charge in [0, 0.05) is 0 Å². The van der Waals surface area contributed by atoms with E-state index >= 15 is 0 Å². The van der Waals surface area contributed by atoms with Crippen molar-refractivity contribution in [1.29, 1.82) is 0 Å². The number of oxazole rings is 1. The Balaban J connectivity index is 0.00000169. The van der Waals surface area contributed by atoms with Gasteiger partial charge in [0.2, 0.25) is 0 Å². The van der Waals surface area contributed by atoms with Crippen molar-refractivity contribution >= 4 is 12.2 Å². The van der Waals surface area contributed by atoms with E-state index in [1.165, 1.54) is 6.39 Å². The van der Waals surface area contributed by atoms with Gasteiger partial charge in [0.1, 0.15) is 5.69 Å². The Morgan fingerprint density at radius 2 is 2.29 bits per heavy atom. The summed E-state index contributed by atoms with van der Waals surface area (Å²) in [6.07, 6.45) is 7.77. The lowest BCUT2D eigenvalue weighted by Crippen LogP contribution is -1.79. The number of hydrogen-bond donors (Lipinski definition) is 0. The quantitative estimate of drug-likeness (QED) is 0.674. The highest BCUT2D eigenvalue weighted by molar-refractivity contribution is 5.60. The zero-order chi connectivity index (χ0) is 9.68. The normalized spacial score (nSPS) is 10.5. The Morgan fingerprint density at radius 1 is 1.57 bits per heavy atom. The number of aromatic nitrogens is 1. The Morgan fingerprint density at radius 3 is 2.79 bits per heavy atom. The predicted octanol–water partition coefficient (Wildman–Crippen LogP) is 3.93. The molecule has 0 bridgehead atoms. The fourth-order valence-electron chi connectivity index (χ4n) is 1.01. The van der Waals surface area contributed by atoms with E-state index in [9.17, 15) is 0 Å². The molecule has 0 aliphatic rings. The van der Waals surface area contributed by atoms with Crippen LogP contribution in [0.4, 0.5) is 0 Å². The van der Waals surface area contributed by atoms with Gasteiger partial charge >= 0.3 is 0 Å². The monoisotopic (exact) mass is 191 g/mol. The zero-order valence-corrected chi connectivity index (χ0v) is 7.79. The highest BCUT2D eigenvalue weighted by atomic mass is 16.3. The largest absolute Gasteiger partial charge is 0.444 e. The third kappa shape index (κ3) is 2.73. The molecule has 2 nitrogen and oxygen atoms in total. The third-order valence-electron chi connectivity index (χ3n) is 1.80. The van der Waals surface area contributed by atoms with Crippen molar-refractivity contribution in [3.8, 4) is 0 Å². The Bertz CT molecular complexity index is 334. The fourth-order valence-corrected chi connectivity index (χ4v) is 1.01. The van der Waals surface area contributed by atoms with Crippen LogP contribution in [0.25, 0.3) is 12.2 Å². The van der Waals surface area contributed by atoms with Gasteiger partial charge in [-0.05, 0) is 24.1 Å². The molecule has 0 N–H and O–H groups in total.